The van der Waals surface area contributed by atoms with E-state index in [1.165, 1.54) is 28.8 Å². The van der Waals surface area contributed by atoms with Gasteiger partial charge in [0.1, 0.15) is 15.7 Å². The second-order valence-corrected chi connectivity index (χ2v) is 12.7. The van der Waals surface area contributed by atoms with E-state index in [0.717, 1.165) is 53.0 Å². The lowest BCUT2D eigenvalue weighted by atomic mass is 10.1. The van der Waals surface area contributed by atoms with Gasteiger partial charge in [0.05, 0.1) is 12.0 Å². The Hall–Kier alpha value is -4.13. The third kappa shape index (κ3) is 5.58. The smallest absolute Gasteiger partial charge is 0.355 e. The third-order valence-electron chi connectivity index (χ3n) is 7.14. The van der Waals surface area contributed by atoms with Gasteiger partial charge in [0.25, 0.3) is 0 Å². The summed E-state index contributed by atoms with van der Waals surface area (Å²) < 4.78 is 42.4. The van der Waals surface area contributed by atoms with Gasteiger partial charge in [-0.3, -0.25) is 0 Å². The molecule has 0 saturated heterocycles. The maximum Gasteiger partial charge on any atom is 0.355 e. The van der Waals surface area contributed by atoms with Gasteiger partial charge in [-0.15, -0.1) is 11.3 Å². The van der Waals surface area contributed by atoms with Gasteiger partial charge in [-0.25, -0.2) is 32.7 Å². The largest absolute Gasteiger partial charge is 0.476 e. The summed E-state index contributed by atoms with van der Waals surface area (Å²) >= 11 is 1.27. The summed E-state index contributed by atoms with van der Waals surface area (Å²) in [6.45, 7) is 0.254. The molecule has 1 fully saturated rings. The van der Waals surface area contributed by atoms with Crippen LogP contribution in [0.1, 0.15) is 34.6 Å². The molecule has 0 spiro atoms. The van der Waals surface area contributed by atoms with Crippen molar-refractivity contribution in [2.45, 2.75) is 30.7 Å². The van der Waals surface area contributed by atoms with Crippen LogP contribution in [0.15, 0.2) is 71.3 Å². The minimum atomic E-state index is -4.20. The van der Waals surface area contributed by atoms with Crippen LogP contribution in [0.5, 0.6) is 0 Å². The fourth-order valence-corrected chi connectivity index (χ4v) is 6.38. The van der Waals surface area contributed by atoms with Crippen LogP contribution >= 0.6 is 11.3 Å². The molecule has 0 radical (unpaired) electrons. The molecule has 0 amide bonds. The number of halogens is 1. The maximum atomic E-state index is 14.8. The predicted octanol–water partition coefficient (Wildman–Crippen LogP) is 5.16. The first-order chi connectivity index (χ1) is 19.6. The molecule has 3 heterocycles. The number of hydrogen-bond acceptors (Lipinski definition) is 6. The molecule has 0 atom stereocenters. The molecule has 3 N–H and O–H groups in total. The molecule has 41 heavy (non-hydrogen) atoms. The number of rotatable bonds is 9. The second-order valence-electron chi connectivity index (χ2n) is 10.3. The molecule has 2 aromatic carbocycles. The highest BCUT2D eigenvalue weighted by Gasteiger charge is 2.28. The van der Waals surface area contributed by atoms with E-state index in [1.54, 1.807) is 12.4 Å². The molecular formula is C29H26FN5O4S2. The molecule has 0 aliphatic heterocycles. The number of carbonyl (C=O) groups is 1. The first-order valence-electron chi connectivity index (χ1n) is 12.9. The number of carboxylic acid groups (broad SMARTS) is 1. The van der Waals surface area contributed by atoms with E-state index in [1.807, 2.05) is 48.1 Å². The molecule has 6 rings (SSSR count). The lowest BCUT2D eigenvalue weighted by Crippen LogP contribution is -2.14. The van der Waals surface area contributed by atoms with Gasteiger partial charge in [-0.1, -0.05) is 24.3 Å². The number of aryl methyl sites for hydroxylation is 1. The number of nitrogens with zero attached hydrogens (tertiary/aromatic N) is 4. The zero-order chi connectivity index (χ0) is 28.9. The summed E-state index contributed by atoms with van der Waals surface area (Å²) in [5.74, 6) is -1.52. The quantitative estimate of drug-likeness (QED) is 0.243. The average Bonchev–Trinajstić information content (AvgIpc) is 3.27. The number of hydrogen-bond donors (Lipinski definition) is 2. The van der Waals surface area contributed by atoms with Crippen LogP contribution in [0, 0.1) is 11.7 Å². The van der Waals surface area contributed by atoms with E-state index in [0.29, 0.717) is 16.5 Å². The molecule has 210 valence electrons. The van der Waals surface area contributed by atoms with E-state index >= 15 is 0 Å². The van der Waals surface area contributed by atoms with Crippen molar-refractivity contribution in [2.75, 3.05) is 0 Å². The molecule has 5 aromatic rings. The Kier molecular flexibility index (Phi) is 6.84. The lowest BCUT2D eigenvalue weighted by Gasteiger charge is -2.16. The Morgan fingerprint density at radius 2 is 1.95 bits per heavy atom. The third-order valence-corrected chi connectivity index (χ3v) is 8.96. The number of nitrogens with two attached hydrogens (primary N) is 1. The van der Waals surface area contributed by atoms with Crippen LogP contribution in [0.3, 0.4) is 0 Å². The highest BCUT2D eigenvalue weighted by atomic mass is 32.2. The van der Waals surface area contributed by atoms with E-state index in [9.17, 15) is 22.7 Å². The Morgan fingerprint density at radius 3 is 2.59 bits per heavy atom. The minimum Gasteiger partial charge on any atom is -0.476 e. The Balaban J connectivity index is 1.52. The van der Waals surface area contributed by atoms with Crippen molar-refractivity contribution < 1.29 is 22.7 Å². The van der Waals surface area contributed by atoms with Gasteiger partial charge in [0.15, 0.2) is 5.69 Å². The number of thiazole rings is 1. The van der Waals surface area contributed by atoms with Gasteiger partial charge in [0.2, 0.25) is 10.0 Å². The second kappa shape index (κ2) is 10.4. The minimum absolute atomic E-state index is 0.0190. The van der Waals surface area contributed by atoms with Crippen molar-refractivity contribution in [3.63, 3.8) is 0 Å². The van der Waals surface area contributed by atoms with Crippen molar-refractivity contribution in [1.29, 1.82) is 0 Å². The van der Waals surface area contributed by atoms with Crippen molar-refractivity contribution in [3.8, 4) is 33.1 Å². The van der Waals surface area contributed by atoms with E-state index in [4.69, 9.17) is 5.14 Å². The average molecular weight is 592 g/mol. The van der Waals surface area contributed by atoms with Crippen LogP contribution in [-0.2, 0) is 30.0 Å². The van der Waals surface area contributed by atoms with Crippen molar-refractivity contribution in [2.24, 2.45) is 18.1 Å². The summed E-state index contributed by atoms with van der Waals surface area (Å²) in [6, 6.07) is 13.9. The Labute approximate surface area is 239 Å². The van der Waals surface area contributed by atoms with Gasteiger partial charge in [0, 0.05) is 47.7 Å². The summed E-state index contributed by atoms with van der Waals surface area (Å²) in [4.78, 5) is 19.9. The molecule has 9 nitrogen and oxygen atoms in total. The van der Waals surface area contributed by atoms with Crippen LogP contribution < -0.4 is 5.14 Å². The highest BCUT2D eigenvalue weighted by molar-refractivity contribution is 7.89. The molecule has 12 heteroatoms. The fraction of sp³-hybridized carbons (Fsp3) is 0.207. The van der Waals surface area contributed by atoms with Crippen LogP contribution in [0.2, 0.25) is 0 Å². The zero-order valence-corrected chi connectivity index (χ0v) is 23.6. The molecule has 0 unspecified atom stereocenters. The number of benzene rings is 2. The molecule has 1 aliphatic carbocycles. The summed E-state index contributed by atoms with van der Waals surface area (Å²) in [5.41, 5.74) is 5.81. The Morgan fingerprint density at radius 1 is 1.17 bits per heavy atom. The number of carboxylic acids is 1. The molecule has 1 saturated carbocycles. The number of sulfonamides is 1. The van der Waals surface area contributed by atoms with Gasteiger partial charge < -0.3 is 14.2 Å². The summed E-state index contributed by atoms with van der Waals surface area (Å²) in [5, 5.41) is 16.8. The predicted molar refractivity (Wildman–Crippen MR) is 153 cm³/mol. The van der Waals surface area contributed by atoms with E-state index < -0.39 is 26.7 Å². The number of primary sulfonamides is 1. The van der Waals surface area contributed by atoms with Gasteiger partial charge >= 0.3 is 5.97 Å². The van der Waals surface area contributed by atoms with Crippen molar-refractivity contribution in [1.82, 2.24) is 19.1 Å². The molecule has 3 aromatic heterocycles. The molecular weight excluding hydrogens is 565 g/mol. The highest BCUT2D eigenvalue weighted by Crippen LogP contribution is 2.41. The molecule has 0 bridgehead atoms. The van der Waals surface area contributed by atoms with E-state index in [2.05, 4.69) is 14.5 Å². The van der Waals surface area contributed by atoms with Gasteiger partial charge in [-0.05, 0) is 60.6 Å². The first kappa shape index (κ1) is 27.1. The first-order valence-corrected chi connectivity index (χ1v) is 15.3. The standard InChI is InChI=1S/C29H26FN5O4S2/c1-34-14-23(32-16-34)19-3-2-4-20(11-19)25-12-21(28-33-24(15-40-28)29(36)37)26(10-17-5-6-17)35(25)13-18-7-8-27(22(30)9-18)41(31,38)39/h2-4,7-9,11-12,14-17H,5-6,10,13H2,1H3,(H,36,37)(H2,31,38,39). The fourth-order valence-electron chi connectivity index (χ4n) is 4.96. The SMILES string of the molecule is Cn1cnc(-c2cccc(-c3cc(-c4nc(C(=O)O)cs4)c(CC4CC4)n3Cc3ccc(S(N)(=O)=O)c(F)c3)c2)c1. The topological polar surface area (TPSA) is 133 Å². The van der Waals surface area contributed by atoms with Crippen LogP contribution in [0.25, 0.3) is 33.1 Å². The monoisotopic (exact) mass is 591 g/mol. The van der Waals surface area contributed by atoms with Crippen molar-refractivity contribution >= 4 is 27.3 Å². The maximum absolute atomic E-state index is 14.8. The summed E-state index contributed by atoms with van der Waals surface area (Å²) in [7, 11) is -2.30. The van der Waals surface area contributed by atoms with Gasteiger partial charge in [-0.2, -0.15) is 0 Å². The normalized spacial score (nSPS) is 13.5. The van der Waals surface area contributed by atoms with Crippen molar-refractivity contribution in [3.05, 3.63) is 89.2 Å². The Bertz CT molecular complexity index is 1900. The molecule has 1 aliphatic rings. The number of aromatic nitrogens is 4. The lowest BCUT2D eigenvalue weighted by molar-refractivity contribution is 0.0691. The van der Waals surface area contributed by atoms with Crippen LogP contribution in [-0.4, -0.2) is 38.6 Å². The number of imidazole rings is 1. The van der Waals surface area contributed by atoms with E-state index in [-0.39, 0.29) is 12.2 Å². The van der Waals surface area contributed by atoms with Crippen LogP contribution in [0.4, 0.5) is 4.39 Å². The summed E-state index contributed by atoms with van der Waals surface area (Å²) in [6.07, 6.45) is 6.59. The zero-order valence-electron chi connectivity index (χ0n) is 22.0. The number of aromatic carboxylic acids is 1.